The molecule has 17 heavy (non-hydrogen) atoms. The molecule has 5 nitrogen and oxygen atoms in total. The van der Waals surface area contributed by atoms with E-state index in [1.165, 1.54) is 7.11 Å². The molecule has 96 valence electrons. The maximum Gasteiger partial charge on any atom is 0.341 e. The van der Waals surface area contributed by atoms with Crippen LogP contribution in [0.4, 0.5) is 0 Å². The number of hydrogen-bond donors (Lipinski definition) is 2. The summed E-state index contributed by atoms with van der Waals surface area (Å²) in [7, 11) is 1.33. The van der Waals surface area contributed by atoms with E-state index >= 15 is 0 Å². The highest BCUT2D eigenvalue weighted by molar-refractivity contribution is 5.90. The molecule has 0 aromatic carbocycles. The van der Waals surface area contributed by atoms with Crippen molar-refractivity contribution in [2.45, 2.75) is 32.9 Å². The summed E-state index contributed by atoms with van der Waals surface area (Å²) in [6.45, 7) is 5.95. The number of ether oxygens (including phenoxy) is 1. The number of carbonyl (C=O) groups excluding carboxylic acids is 1. The Labute approximate surface area is 101 Å². The average Bonchev–Trinajstić information content (AvgIpc) is 2.67. The van der Waals surface area contributed by atoms with E-state index in [4.69, 9.17) is 9.52 Å². The molecule has 5 heteroatoms. The van der Waals surface area contributed by atoms with Gasteiger partial charge in [-0.25, -0.2) is 4.79 Å². The number of esters is 1. The van der Waals surface area contributed by atoms with Crippen molar-refractivity contribution in [2.24, 2.45) is 0 Å². The Morgan fingerprint density at radius 2 is 2.24 bits per heavy atom. The summed E-state index contributed by atoms with van der Waals surface area (Å²) in [5, 5.41) is 12.2. The fourth-order valence-electron chi connectivity index (χ4n) is 1.33. The zero-order valence-electron chi connectivity index (χ0n) is 10.7. The van der Waals surface area contributed by atoms with Gasteiger partial charge < -0.3 is 19.6 Å². The van der Waals surface area contributed by atoms with Gasteiger partial charge in [-0.2, -0.15) is 0 Å². The van der Waals surface area contributed by atoms with Crippen LogP contribution in [0.3, 0.4) is 0 Å². The summed E-state index contributed by atoms with van der Waals surface area (Å²) in [6, 6.07) is 1.65. The van der Waals surface area contributed by atoms with Crippen LogP contribution in [0.25, 0.3) is 0 Å². The molecule has 1 rings (SSSR count). The van der Waals surface area contributed by atoms with Gasteiger partial charge in [0.25, 0.3) is 0 Å². The van der Waals surface area contributed by atoms with E-state index in [1.54, 1.807) is 13.0 Å². The highest BCUT2D eigenvalue weighted by Crippen LogP contribution is 2.16. The minimum atomic E-state index is -0.404. The first-order valence-electron chi connectivity index (χ1n) is 5.43. The minimum absolute atomic E-state index is 0.0244. The van der Waals surface area contributed by atoms with Crippen molar-refractivity contribution in [3.05, 3.63) is 23.2 Å². The largest absolute Gasteiger partial charge is 0.465 e. The van der Waals surface area contributed by atoms with E-state index < -0.39 is 5.97 Å². The van der Waals surface area contributed by atoms with Crippen LogP contribution in [0.5, 0.6) is 0 Å². The van der Waals surface area contributed by atoms with Crippen LogP contribution in [0.15, 0.2) is 10.5 Å². The molecule has 0 aliphatic rings. The number of rotatable bonds is 5. The fraction of sp³-hybridized carbons (Fsp3) is 0.583. The summed E-state index contributed by atoms with van der Waals surface area (Å²) < 4.78 is 10.1. The molecule has 1 aromatic rings. The zero-order chi connectivity index (χ0) is 13.1. The third-order valence-corrected chi connectivity index (χ3v) is 2.51. The van der Waals surface area contributed by atoms with Crippen molar-refractivity contribution in [2.75, 3.05) is 13.7 Å². The fourth-order valence-corrected chi connectivity index (χ4v) is 1.33. The quantitative estimate of drug-likeness (QED) is 0.759. The van der Waals surface area contributed by atoms with E-state index in [9.17, 15) is 4.79 Å². The van der Waals surface area contributed by atoms with Gasteiger partial charge in [-0.1, -0.05) is 0 Å². The van der Waals surface area contributed by atoms with Gasteiger partial charge in [0.1, 0.15) is 17.1 Å². The normalized spacial score (nSPS) is 11.6. The predicted octanol–water partition coefficient (Wildman–Crippen LogP) is 1.24. The molecule has 0 unspecified atom stereocenters. The Hall–Kier alpha value is -1.33. The molecule has 0 spiro atoms. The van der Waals surface area contributed by atoms with Crippen LogP contribution in [0.1, 0.15) is 35.7 Å². The molecule has 0 aliphatic carbocycles. The lowest BCUT2D eigenvalue weighted by molar-refractivity contribution is 0.0599. The van der Waals surface area contributed by atoms with Crippen LogP contribution in [0, 0.1) is 6.92 Å². The van der Waals surface area contributed by atoms with Gasteiger partial charge in [-0.05, 0) is 26.8 Å². The van der Waals surface area contributed by atoms with E-state index in [1.807, 2.05) is 13.8 Å². The third kappa shape index (κ3) is 3.57. The van der Waals surface area contributed by atoms with Crippen molar-refractivity contribution in [1.82, 2.24) is 5.32 Å². The number of nitrogens with one attached hydrogen (secondary N) is 1. The van der Waals surface area contributed by atoms with Gasteiger partial charge in [0.15, 0.2) is 0 Å². The molecule has 0 saturated carbocycles. The van der Waals surface area contributed by atoms with Crippen LogP contribution < -0.4 is 5.32 Å². The number of aliphatic hydroxyl groups excluding tert-OH is 1. The number of furan rings is 1. The molecule has 2 N–H and O–H groups in total. The summed E-state index contributed by atoms with van der Waals surface area (Å²) in [4.78, 5) is 11.4. The van der Waals surface area contributed by atoms with Crippen LogP contribution in [-0.4, -0.2) is 30.3 Å². The first-order chi connectivity index (χ1) is 7.89. The Morgan fingerprint density at radius 1 is 1.59 bits per heavy atom. The SMILES string of the molecule is COC(=O)c1cc(CNC(C)(C)CO)oc1C. The van der Waals surface area contributed by atoms with Crippen molar-refractivity contribution >= 4 is 5.97 Å². The third-order valence-electron chi connectivity index (χ3n) is 2.51. The van der Waals surface area contributed by atoms with Crippen LogP contribution in [-0.2, 0) is 11.3 Å². The number of carbonyl (C=O) groups is 1. The lowest BCUT2D eigenvalue weighted by Gasteiger charge is -2.22. The van der Waals surface area contributed by atoms with Crippen molar-refractivity contribution in [1.29, 1.82) is 0 Å². The maximum atomic E-state index is 11.4. The Morgan fingerprint density at radius 3 is 2.76 bits per heavy atom. The summed E-state index contributed by atoms with van der Waals surface area (Å²) in [5.74, 6) is 0.777. The molecular weight excluding hydrogens is 222 g/mol. The molecule has 1 heterocycles. The molecule has 0 amide bonds. The molecule has 1 aromatic heterocycles. The van der Waals surface area contributed by atoms with Crippen molar-refractivity contribution in [3.63, 3.8) is 0 Å². The van der Waals surface area contributed by atoms with Gasteiger partial charge in [0.2, 0.25) is 0 Å². The maximum absolute atomic E-state index is 11.4. The van der Waals surface area contributed by atoms with E-state index in [0.29, 0.717) is 23.6 Å². The molecule has 0 radical (unpaired) electrons. The first-order valence-corrected chi connectivity index (χ1v) is 5.43. The number of hydrogen-bond acceptors (Lipinski definition) is 5. The molecular formula is C12H19NO4. The van der Waals surface area contributed by atoms with Gasteiger partial charge in [0, 0.05) is 5.54 Å². The second kappa shape index (κ2) is 5.33. The van der Waals surface area contributed by atoms with Crippen LogP contribution in [0.2, 0.25) is 0 Å². The van der Waals surface area contributed by atoms with E-state index in [2.05, 4.69) is 10.1 Å². The number of aliphatic hydroxyl groups is 1. The van der Waals surface area contributed by atoms with Crippen LogP contribution >= 0.6 is 0 Å². The van der Waals surface area contributed by atoms with Crippen molar-refractivity contribution in [3.8, 4) is 0 Å². The second-order valence-corrected chi connectivity index (χ2v) is 4.57. The number of methoxy groups -OCH3 is 1. The van der Waals surface area contributed by atoms with E-state index in [-0.39, 0.29) is 12.1 Å². The van der Waals surface area contributed by atoms with Gasteiger partial charge >= 0.3 is 5.97 Å². The highest BCUT2D eigenvalue weighted by Gasteiger charge is 2.18. The Kier molecular flexibility index (Phi) is 4.31. The Bertz CT molecular complexity index is 395. The molecule has 0 bridgehead atoms. The first kappa shape index (κ1) is 13.7. The highest BCUT2D eigenvalue weighted by atomic mass is 16.5. The van der Waals surface area contributed by atoms with Gasteiger partial charge in [-0.15, -0.1) is 0 Å². The summed E-state index contributed by atoms with van der Waals surface area (Å²) in [5.41, 5.74) is 0.0534. The zero-order valence-corrected chi connectivity index (χ0v) is 10.7. The van der Waals surface area contributed by atoms with E-state index in [0.717, 1.165) is 0 Å². The lowest BCUT2D eigenvalue weighted by Crippen LogP contribution is -2.41. The predicted molar refractivity (Wildman–Crippen MR) is 62.8 cm³/mol. The Balaban J connectivity index is 2.71. The minimum Gasteiger partial charge on any atom is -0.465 e. The molecule has 0 atom stereocenters. The number of aryl methyl sites for hydroxylation is 1. The summed E-state index contributed by atoms with van der Waals surface area (Å²) >= 11 is 0. The molecule has 0 saturated heterocycles. The monoisotopic (exact) mass is 241 g/mol. The topological polar surface area (TPSA) is 71.7 Å². The second-order valence-electron chi connectivity index (χ2n) is 4.57. The van der Waals surface area contributed by atoms with Crippen molar-refractivity contribution < 1.29 is 19.1 Å². The summed E-state index contributed by atoms with van der Waals surface area (Å²) in [6.07, 6.45) is 0. The molecule has 0 fully saturated rings. The average molecular weight is 241 g/mol. The lowest BCUT2D eigenvalue weighted by atomic mass is 10.1. The smallest absolute Gasteiger partial charge is 0.341 e. The van der Waals surface area contributed by atoms with Gasteiger partial charge in [0.05, 0.1) is 20.3 Å². The molecule has 0 aliphatic heterocycles. The standard InChI is InChI=1S/C12H19NO4/c1-8-10(11(15)16-4)5-9(17-8)6-13-12(2,3)7-14/h5,13-14H,6-7H2,1-4H3. The van der Waals surface area contributed by atoms with Gasteiger partial charge in [-0.3, -0.25) is 0 Å².